The molecule has 0 amide bonds. The molecule has 0 saturated carbocycles. The van der Waals surface area contributed by atoms with Gasteiger partial charge in [0.15, 0.2) is 11.6 Å². The predicted octanol–water partition coefficient (Wildman–Crippen LogP) is 3.64. The maximum Gasteiger partial charge on any atom is 0.183 e. The van der Waals surface area contributed by atoms with E-state index in [9.17, 15) is 4.39 Å². The minimum absolute atomic E-state index is 0.0124. The van der Waals surface area contributed by atoms with Crippen LogP contribution in [0.3, 0.4) is 0 Å². The molecule has 1 rings (SSSR count). The number of hydrogen-bond donors (Lipinski definition) is 1. The SMILES string of the molecule is CCNCCCC(C)Oc1cccc(Cl)c1F. The second-order valence-electron chi connectivity index (χ2n) is 3.98. The summed E-state index contributed by atoms with van der Waals surface area (Å²) < 4.78 is 19.1. The Morgan fingerprint density at radius 2 is 2.24 bits per heavy atom. The summed E-state index contributed by atoms with van der Waals surface area (Å²) in [5.41, 5.74) is 0. The molecule has 0 aliphatic heterocycles. The minimum Gasteiger partial charge on any atom is -0.488 e. The lowest BCUT2D eigenvalue weighted by atomic mass is 10.2. The first-order chi connectivity index (χ1) is 8.15. The smallest absolute Gasteiger partial charge is 0.183 e. The van der Waals surface area contributed by atoms with Crippen LogP contribution in [0.25, 0.3) is 0 Å². The van der Waals surface area contributed by atoms with Gasteiger partial charge in [0.05, 0.1) is 11.1 Å². The van der Waals surface area contributed by atoms with Crippen molar-refractivity contribution < 1.29 is 9.13 Å². The lowest BCUT2D eigenvalue weighted by Gasteiger charge is -2.15. The maximum atomic E-state index is 13.5. The fourth-order valence-electron chi connectivity index (χ4n) is 1.54. The largest absolute Gasteiger partial charge is 0.488 e. The van der Waals surface area contributed by atoms with E-state index >= 15 is 0 Å². The first-order valence-corrected chi connectivity index (χ1v) is 6.34. The molecule has 0 saturated heterocycles. The van der Waals surface area contributed by atoms with Crippen LogP contribution in [0.4, 0.5) is 4.39 Å². The molecule has 0 radical (unpaired) electrons. The summed E-state index contributed by atoms with van der Waals surface area (Å²) in [6, 6.07) is 4.80. The highest BCUT2D eigenvalue weighted by atomic mass is 35.5. The van der Waals surface area contributed by atoms with E-state index in [0.29, 0.717) is 0 Å². The Bertz CT molecular complexity index is 346. The van der Waals surface area contributed by atoms with Gasteiger partial charge in [0.1, 0.15) is 0 Å². The van der Waals surface area contributed by atoms with Crippen LogP contribution >= 0.6 is 11.6 Å². The lowest BCUT2D eigenvalue weighted by molar-refractivity contribution is 0.198. The van der Waals surface area contributed by atoms with Gasteiger partial charge in [-0.2, -0.15) is 0 Å². The Morgan fingerprint density at radius 3 is 2.94 bits per heavy atom. The number of rotatable bonds is 7. The summed E-state index contributed by atoms with van der Waals surface area (Å²) in [4.78, 5) is 0. The fourth-order valence-corrected chi connectivity index (χ4v) is 1.71. The summed E-state index contributed by atoms with van der Waals surface area (Å²) in [7, 11) is 0. The van der Waals surface area contributed by atoms with Gasteiger partial charge >= 0.3 is 0 Å². The zero-order valence-electron chi connectivity index (χ0n) is 10.3. The van der Waals surface area contributed by atoms with Gasteiger partial charge in [0, 0.05) is 0 Å². The second kappa shape index (κ2) is 7.51. The highest BCUT2D eigenvalue weighted by molar-refractivity contribution is 6.30. The summed E-state index contributed by atoms with van der Waals surface area (Å²) >= 11 is 5.68. The van der Waals surface area contributed by atoms with E-state index in [2.05, 4.69) is 12.2 Å². The van der Waals surface area contributed by atoms with Gasteiger partial charge in [-0.25, -0.2) is 4.39 Å². The van der Waals surface area contributed by atoms with Crippen molar-refractivity contribution >= 4 is 11.6 Å². The van der Waals surface area contributed by atoms with Crippen molar-refractivity contribution in [1.29, 1.82) is 0 Å². The van der Waals surface area contributed by atoms with Crippen LogP contribution < -0.4 is 10.1 Å². The van der Waals surface area contributed by atoms with Crippen molar-refractivity contribution in [3.05, 3.63) is 29.0 Å². The van der Waals surface area contributed by atoms with E-state index in [-0.39, 0.29) is 16.9 Å². The van der Waals surface area contributed by atoms with Crippen molar-refractivity contribution in [2.45, 2.75) is 32.8 Å². The third kappa shape index (κ3) is 4.92. The topological polar surface area (TPSA) is 21.3 Å². The molecule has 4 heteroatoms. The first-order valence-electron chi connectivity index (χ1n) is 5.96. The molecular weight excluding hydrogens is 241 g/mol. The molecule has 96 valence electrons. The second-order valence-corrected chi connectivity index (χ2v) is 4.38. The van der Waals surface area contributed by atoms with Crippen LogP contribution in [0, 0.1) is 5.82 Å². The molecular formula is C13H19ClFNO. The predicted molar refractivity (Wildman–Crippen MR) is 69.3 cm³/mol. The third-order valence-electron chi connectivity index (χ3n) is 2.46. The average Bonchev–Trinajstić information content (AvgIpc) is 2.31. The molecule has 1 N–H and O–H groups in total. The molecule has 0 fully saturated rings. The Morgan fingerprint density at radius 1 is 1.47 bits per heavy atom. The van der Waals surface area contributed by atoms with Crippen LogP contribution in [-0.4, -0.2) is 19.2 Å². The van der Waals surface area contributed by atoms with Gasteiger partial charge in [-0.15, -0.1) is 0 Å². The van der Waals surface area contributed by atoms with E-state index in [1.54, 1.807) is 12.1 Å². The normalized spacial score (nSPS) is 12.5. The number of hydrogen-bond acceptors (Lipinski definition) is 2. The van der Waals surface area contributed by atoms with Crippen LogP contribution in [0.2, 0.25) is 5.02 Å². The van der Waals surface area contributed by atoms with Crippen LogP contribution in [0.15, 0.2) is 18.2 Å². The molecule has 0 bridgehead atoms. The van der Waals surface area contributed by atoms with E-state index in [1.807, 2.05) is 6.92 Å². The number of nitrogens with one attached hydrogen (secondary N) is 1. The lowest BCUT2D eigenvalue weighted by Crippen LogP contribution is -2.18. The molecule has 1 aromatic rings. The summed E-state index contributed by atoms with van der Waals surface area (Å²) in [5.74, 6) is -0.249. The standard InChI is InChI=1S/C13H19ClFNO/c1-3-16-9-5-6-10(2)17-12-8-4-7-11(14)13(12)15/h4,7-8,10,16H,3,5-6,9H2,1-2H3. The van der Waals surface area contributed by atoms with E-state index < -0.39 is 5.82 Å². The summed E-state index contributed by atoms with van der Waals surface area (Å²) in [6.45, 7) is 5.94. The van der Waals surface area contributed by atoms with Crippen LogP contribution in [0.5, 0.6) is 5.75 Å². The third-order valence-corrected chi connectivity index (χ3v) is 2.75. The number of ether oxygens (including phenoxy) is 1. The molecule has 0 aliphatic carbocycles. The zero-order chi connectivity index (χ0) is 12.7. The van der Waals surface area contributed by atoms with Gasteiger partial charge in [-0.1, -0.05) is 24.6 Å². The summed E-state index contributed by atoms with van der Waals surface area (Å²) in [5, 5.41) is 3.34. The first kappa shape index (κ1) is 14.3. The highest BCUT2D eigenvalue weighted by Gasteiger charge is 2.10. The van der Waals surface area contributed by atoms with Crippen LogP contribution in [0.1, 0.15) is 26.7 Å². The van der Waals surface area contributed by atoms with Crippen molar-refractivity contribution in [2.75, 3.05) is 13.1 Å². The van der Waals surface area contributed by atoms with Gasteiger partial charge in [0.25, 0.3) is 0 Å². The monoisotopic (exact) mass is 259 g/mol. The van der Waals surface area contributed by atoms with Gasteiger partial charge < -0.3 is 10.1 Å². The Kier molecular flexibility index (Phi) is 6.30. The Hall–Kier alpha value is -0.800. The van der Waals surface area contributed by atoms with Crippen molar-refractivity contribution in [2.24, 2.45) is 0 Å². The van der Waals surface area contributed by atoms with E-state index in [4.69, 9.17) is 16.3 Å². The molecule has 0 heterocycles. The van der Waals surface area contributed by atoms with E-state index in [1.165, 1.54) is 6.07 Å². The number of benzene rings is 1. The quantitative estimate of drug-likeness (QED) is 0.755. The van der Waals surface area contributed by atoms with Gasteiger partial charge in [-0.3, -0.25) is 0 Å². The van der Waals surface area contributed by atoms with Crippen molar-refractivity contribution in [1.82, 2.24) is 5.32 Å². The highest BCUT2D eigenvalue weighted by Crippen LogP contribution is 2.25. The summed E-state index contributed by atoms with van der Waals surface area (Å²) in [6.07, 6.45) is 1.89. The van der Waals surface area contributed by atoms with E-state index in [0.717, 1.165) is 25.9 Å². The molecule has 0 aliphatic rings. The number of halogens is 2. The molecule has 0 spiro atoms. The molecule has 1 atom stereocenters. The Balaban J connectivity index is 2.39. The average molecular weight is 260 g/mol. The zero-order valence-corrected chi connectivity index (χ0v) is 11.1. The van der Waals surface area contributed by atoms with Crippen molar-refractivity contribution in [3.63, 3.8) is 0 Å². The molecule has 1 unspecified atom stereocenters. The maximum absolute atomic E-state index is 13.5. The van der Waals surface area contributed by atoms with Crippen LogP contribution in [-0.2, 0) is 0 Å². The van der Waals surface area contributed by atoms with Crippen molar-refractivity contribution in [3.8, 4) is 5.75 Å². The molecule has 0 aromatic heterocycles. The Labute approximate surface area is 107 Å². The molecule has 1 aromatic carbocycles. The minimum atomic E-state index is -0.479. The fraction of sp³-hybridized carbons (Fsp3) is 0.538. The molecule has 2 nitrogen and oxygen atoms in total. The van der Waals surface area contributed by atoms with Gasteiger partial charge in [0.2, 0.25) is 0 Å². The van der Waals surface area contributed by atoms with Gasteiger partial charge in [-0.05, 0) is 45.0 Å². The molecule has 17 heavy (non-hydrogen) atoms.